The zero-order chi connectivity index (χ0) is 29.9. The molecule has 0 spiro atoms. The number of alkyl halides is 3. The van der Waals surface area contributed by atoms with E-state index in [1.807, 2.05) is 0 Å². The van der Waals surface area contributed by atoms with Crippen LogP contribution in [0.1, 0.15) is 31.9 Å². The Balaban J connectivity index is 2.10. The molecule has 2 atom stereocenters. The Morgan fingerprint density at radius 1 is 0.950 bits per heavy atom. The molecule has 1 aromatic heterocycles. The number of ether oxygens (including phenoxy) is 4. The van der Waals surface area contributed by atoms with Crippen LogP contribution in [0.4, 0.5) is 18.0 Å². The van der Waals surface area contributed by atoms with E-state index in [9.17, 15) is 27.6 Å². The summed E-state index contributed by atoms with van der Waals surface area (Å²) in [5, 5.41) is 2.57. The molecular formula is C28H31F3N2O7. The normalized spacial score (nSPS) is 14.2. The summed E-state index contributed by atoms with van der Waals surface area (Å²) < 4.78 is 65.1. The lowest BCUT2D eigenvalue weighted by molar-refractivity contribution is -0.266. The van der Waals surface area contributed by atoms with Gasteiger partial charge in [0.1, 0.15) is 17.4 Å². The van der Waals surface area contributed by atoms with Crippen LogP contribution in [0.25, 0.3) is 10.9 Å². The number of hydrogen-bond donors (Lipinski definition) is 1. The van der Waals surface area contributed by atoms with E-state index in [1.165, 1.54) is 36.1 Å². The largest absolute Gasteiger partial charge is 0.496 e. The van der Waals surface area contributed by atoms with Crippen molar-refractivity contribution in [1.29, 1.82) is 0 Å². The van der Waals surface area contributed by atoms with Gasteiger partial charge in [0, 0.05) is 30.7 Å². The number of nitrogens with zero attached hydrogens (tertiary/aromatic N) is 1. The Morgan fingerprint density at radius 2 is 1.60 bits per heavy atom. The summed E-state index contributed by atoms with van der Waals surface area (Å²) >= 11 is 0. The molecule has 1 N–H and O–H groups in total. The minimum absolute atomic E-state index is 0.309. The summed E-state index contributed by atoms with van der Waals surface area (Å²) in [5.41, 5.74) is -4.04. The summed E-state index contributed by atoms with van der Waals surface area (Å²) in [7, 11) is 3.20. The number of carbonyl (C=O) groups is 3. The highest BCUT2D eigenvalue weighted by atomic mass is 19.4. The van der Waals surface area contributed by atoms with E-state index in [4.69, 9.17) is 18.9 Å². The van der Waals surface area contributed by atoms with Crippen LogP contribution in [0.15, 0.2) is 54.7 Å². The molecule has 1 amide bonds. The highest BCUT2D eigenvalue weighted by Crippen LogP contribution is 2.42. The van der Waals surface area contributed by atoms with Crippen molar-refractivity contribution in [3.63, 3.8) is 0 Å². The van der Waals surface area contributed by atoms with Gasteiger partial charge in [-0.15, -0.1) is 0 Å². The van der Waals surface area contributed by atoms with Crippen molar-refractivity contribution >= 4 is 28.9 Å². The van der Waals surface area contributed by atoms with Crippen LogP contribution in [0.5, 0.6) is 5.75 Å². The number of rotatable bonds is 8. The molecule has 0 fully saturated rings. The van der Waals surface area contributed by atoms with Gasteiger partial charge in [0.15, 0.2) is 0 Å². The van der Waals surface area contributed by atoms with E-state index >= 15 is 0 Å². The molecule has 0 unspecified atom stereocenters. The van der Waals surface area contributed by atoms with Gasteiger partial charge in [-0.2, -0.15) is 13.2 Å². The third-order valence-electron chi connectivity index (χ3n) is 6.10. The number of esters is 1. The lowest BCUT2D eigenvalue weighted by Gasteiger charge is -2.34. The minimum Gasteiger partial charge on any atom is -0.496 e. The van der Waals surface area contributed by atoms with Gasteiger partial charge in [0.2, 0.25) is 0 Å². The second kappa shape index (κ2) is 11.6. The Hall–Kier alpha value is -4.06. The van der Waals surface area contributed by atoms with Crippen LogP contribution >= 0.6 is 0 Å². The molecule has 0 aliphatic heterocycles. The molecule has 0 aliphatic rings. The van der Waals surface area contributed by atoms with Crippen LogP contribution < -0.4 is 10.1 Å². The number of fused-ring (bicyclic) bond motifs is 1. The predicted molar refractivity (Wildman–Crippen MR) is 139 cm³/mol. The predicted octanol–water partition coefficient (Wildman–Crippen LogP) is 4.74. The van der Waals surface area contributed by atoms with Gasteiger partial charge in [0.25, 0.3) is 11.5 Å². The van der Waals surface area contributed by atoms with Gasteiger partial charge in [-0.1, -0.05) is 36.4 Å². The highest BCUT2D eigenvalue weighted by molar-refractivity contribution is 5.97. The number of hydrogen-bond acceptors (Lipinski definition) is 7. The molecule has 3 aromatic rings. The van der Waals surface area contributed by atoms with Gasteiger partial charge in [-0.3, -0.25) is 9.36 Å². The fourth-order valence-corrected chi connectivity index (χ4v) is 4.36. The number of methoxy groups -OCH3 is 3. The molecule has 0 radical (unpaired) electrons. The Labute approximate surface area is 229 Å². The van der Waals surface area contributed by atoms with Crippen molar-refractivity contribution in [1.82, 2.24) is 9.88 Å². The molecule has 3 rings (SSSR count). The minimum atomic E-state index is -5.19. The maximum absolute atomic E-state index is 14.4. The van der Waals surface area contributed by atoms with E-state index in [2.05, 4.69) is 5.32 Å². The van der Waals surface area contributed by atoms with Crippen LogP contribution in [0.3, 0.4) is 0 Å². The van der Waals surface area contributed by atoms with E-state index < -0.39 is 47.0 Å². The van der Waals surface area contributed by atoms with E-state index in [1.54, 1.807) is 39.0 Å². The molecule has 40 heavy (non-hydrogen) atoms. The number of benzene rings is 2. The number of carbonyl (C=O) groups excluding carboxylic acids is 3. The van der Waals surface area contributed by atoms with Crippen molar-refractivity contribution in [2.75, 3.05) is 21.3 Å². The maximum atomic E-state index is 14.4. The van der Waals surface area contributed by atoms with Crippen LogP contribution in [0, 0.1) is 0 Å². The topological polar surface area (TPSA) is 105 Å². The molecule has 2 aromatic carbocycles. The molecule has 9 nitrogen and oxygen atoms in total. The van der Waals surface area contributed by atoms with Gasteiger partial charge < -0.3 is 24.3 Å². The third-order valence-corrected chi connectivity index (χ3v) is 6.10. The number of nitrogens with one attached hydrogen (secondary N) is 1. The molecule has 0 saturated heterocycles. The number of aromatic nitrogens is 1. The fourth-order valence-electron chi connectivity index (χ4n) is 4.36. The molecule has 0 aliphatic carbocycles. The standard InChI is InChI=1S/C28H31F3N2O7/c1-26(2,3)40-25(36)33-16-17(22-20(33)13-10-14-21(22)37-4)15-19(23(34)38-5)32-24(35)27(39-6,28(29,30)31)18-11-8-7-9-12-18/h7-14,16,19H,15H2,1-6H3,(H,32,35)/t19-,27-/m0/s1. The molecule has 1 heterocycles. The number of halogens is 3. The van der Waals surface area contributed by atoms with E-state index in [-0.39, 0.29) is 6.42 Å². The van der Waals surface area contributed by atoms with Crippen molar-refractivity contribution < 1.29 is 46.5 Å². The first-order valence-corrected chi connectivity index (χ1v) is 12.2. The Kier molecular flexibility index (Phi) is 8.83. The summed E-state index contributed by atoms with van der Waals surface area (Å²) in [5.74, 6) is -2.30. The van der Waals surface area contributed by atoms with Crippen molar-refractivity contribution in [2.45, 2.75) is 50.6 Å². The first-order chi connectivity index (χ1) is 18.7. The van der Waals surface area contributed by atoms with E-state index in [0.717, 1.165) is 26.4 Å². The van der Waals surface area contributed by atoms with Crippen molar-refractivity contribution in [3.8, 4) is 5.75 Å². The summed E-state index contributed by atoms with van der Waals surface area (Å²) in [6, 6.07) is 9.63. The Morgan fingerprint density at radius 3 is 2.12 bits per heavy atom. The molecule has 12 heteroatoms. The van der Waals surface area contributed by atoms with Gasteiger partial charge >= 0.3 is 18.2 Å². The molecule has 0 bridgehead atoms. The van der Waals surface area contributed by atoms with Gasteiger partial charge in [-0.05, 0) is 38.5 Å². The average Bonchev–Trinajstić information content (AvgIpc) is 3.26. The highest BCUT2D eigenvalue weighted by Gasteiger charge is 2.63. The SMILES string of the molecule is COC(=O)[C@H](Cc1cn(C(=O)OC(C)(C)C)c2cccc(OC)c12)NC(=O)[C@@](OC)(c1ccccc1)C(F)(F)F. The fraction of sp³-hybridized carbons (Fsp3) is 0.393. The summed E-state index contributed by atoms with van der Waals surface area (Å²) in [6.07, 6.45) is -4.88. The van der Waals surface area contributed by atoms with E-state index in [0.29, 0.717) is 22.2 Å². The second-order valence-corrected chi connectivity index (χ2v) is 9.86. The first-order valence-electron chi connectivity index (χ1n) is 12.2. The van der Waals surface area contributed by atoms with Crippen LogP contribution in [-0.2, 0) is 35.8 Å². The van der Waals surface area contributed by atoms with Gasteiger partial charge in [0.05, 0.1) is 19.7 Å². The smallest absolute Gasteiger partial charge is 0.430 e. The average molecular weight is 565 g/mol. The lowest BCUT2D eigenvalue weighted by atomic mass is 9.91. The summed E-state index contributed by atoms with van der Waals surface area (Å²) in [4.78, 5) is 39.1. The quantitative estimate of drug-likeness (QED) is 0.394. The maximum Gasteiger partial charge on any atom is 0.430 e. The van der Waals surface area contributed by atoms with Crippen molar-refractivity contribution in [2.24, 2.45) is 0 Å². The first kappa shape index (κ1) is 30.5. The monoisotopic (exact) mass is 564 g/mol. The van der Waals surface area contributed by atoms with Crippen LogP contribution in [-0.4, -0.2) is 61.7 Å². The lowest BCUT2D eigenvalue weighted by Crippen LogP contribution is -2.59. The number of amides is 1. The second-order valence-electron chi connectivity index (χ2n) is 9.86. The molecule has 216 valence electrons. The summed E-state index contributed by atoms with van der Waals surface area (Å²) in [6.45, 7) is 5.07. The molecular weight excluding hydrogens is 533 g/mol. The third kappa shape index (κ3) is 5.91. The zero-order valence-electron chi connectivity index (χ0n) is 22.9. The zero-order valence-corrected chi connectivity index (χ0v) is 22.9. The van der Waals surface area contributed by atoms with Gasteiger partial charge in [-0.25, -0.2) is 9.59 Å². The molecule has 0 saturated carbocycles. The van der Waals surface area contributed by atoms with Crippen molar-refractivity contribution in [3.05, 3.63) is 65.9 Å². The Bertz CT molecular complexity index is 1380. The van der Waals surface area contributed by atoms with Crippen LogP contribution in [0.2, 0.25) is 0 Å².